The van der Waals surface area contributed by atoms with Gasteiger partial charge in [-0.1, -0.05) is 27.7 Å². The first-order valence-corrected chi connectivity index (χ1v) is 8.33. The van der Waals surface area contributed by atoms with Crippen molar-refractivity contribution in [2.45, 2.75) is 46.6 Å². The fraction of sp³-hybridized carbons (Fsp3) is 0.556. The normalized spacial score (nSPS) is 11.8. The fourth-order valence-corrected chi connectivity index (χ4v) is 2.38. The highest BCUT2D eigenvalue weighted by Gasteiger charge is 2.16. The van der Waals surface area contributed by atoms with Gasteiger partial charge in [-0.05, 0) is 36.5 Å². The number of hydrogen-bond acceptors (Lipinski definition) is 3. The first-order valence-electron chi connectivity index (χ1n) is 8.33. The Morgan fingerprint density at radius 2 is 1.80 bits per heavy atom. The molecule has 1 rings (SSSR count). The van der Waals surface area contributed by atoms with Crippen molar-refractivity contribution in [1.29, 1.82) is 0 Å². The van der Waals surface area contributed by atoms with E-state index in [-0.39, 0.29) is 47.4 Å². The van der Waals surface area contributed by atoms with E-state index in [1.807, 2.05) is 27.7 Å². The van der Waals surface area contributed by atoms with Gasteiger partial charge in [-0.25, -0.2) is 4.39 Å². The van der Waals surface area contributed by atoms with Gasteiger partial charge in [-0.15, -0.1) is 12.4 Å². The third-order valence-electron chi connectivity index (χ3n) is 3.47. The Hall–Kier alpha value is -1.66. The molecule has 25 heavy (non-hydrogen) atoms. The second-order valence-corrected chi connectivity index (χ2v) is 6.88. The minimum Gasteiger partial charge on any atom is -0.348 e. The van der Waals surface area contributed by atoms with Crippen LogP contribution in [0.15, 0.2) is 18.2 Å². The van der Waals surface area contributed by atoms with Crippen LogP contribution in [0.3, 0.4) is 0 Å². The van der Waals surface area contributed by atoms with Gasteiger partial charge >= 0.3 is 0 Å². The van der Waals surface area contributed by atoms with Gasteiger partial charge in [0.05, 0.1) is 5.69 Å². The molecule has 0 saturated heterocycles. The fourth-order valence-electron chi connectivity index (χ4n) is 2.38. The molecule has 7 heteroatoms. The average molecular weight is 374 g/mol. The molecule has 5 nitrogen and oxygen atoms in total. The van der Waals surface area contributed by atoms with Crippen molar-refractivity contribution in [2.75, 3.05) is 11.9 Å². The first-order chi connectivity index (χ1) is 11.2. The van der Waals surface area contributed by atoms with Gasteiger partial charge in [0.25, 0.3) is 5.91 Å². The van der Waals surface area contributed by atoms with Crippen LogP contribution in [0.2, 0.25) is 0 Å². The van der Waals surface area contributed by atoms with Crippen LogP contribution in [0.1, 0.15) is 50.9 Å². The number of amides is 2. The number of rotatable bonds is 8. The summed E-state index contributed by atoms with van der Waals surface area (Å²) in [5.41, 5.74) is 5.94. The van der Waals surface area contributed by atoms with Gasteiger partial charge in [-0.2, -0.15) is 0 Å². The third kappa shape index (κ3) is 8.31. The van der Waals surface area contributed by atoms with Crippen LogP contribution >= 0.6 is 12.4 Å². The number of hydrogen-bond donors (Lipinski definition) is 3. The summed E-state index contributed by atoms with van der Waals surface area (Å²) in [6.45, 7) is 8.24. The summed E-state index contributed by atoms with van der Waals surface area (Å²) in [6.07, 6.45) is 1.07. The lowest BCUT2D eigenvalue weighted by atomic mass is 10.0. The Labute approximate surface area is 155 Å². The topological polar surface area (TPSA) is 84.2 Å². The molecular weight excluding hydrogens is 345 g/mol. The predicted octanol–water partition coefficient (Wildman–Crippen LogP) is 3.34. The maximum atomic E-state index is 14.1. The molecule has 0 heterocycles. The molecule has 0 fully saturated rings. The van der Waals surface area contributed by atoms with E-state index in [9.17, 15) is 14.0 Å². The largest absolute Gasteiger partial charge is 0.348 e. The van der Waals surface area contributed by atoms with E-state index in [0.717, 1.165) is 12.5 Å². The number of nitrogens with two attached hydrogens (primary N) is 1. The van der Waals surface area contributed by atoms with Crippen molar-refractivity contribution in [1.82, 2.24) is 5.32 Å². The van der Waals surface area contributed by atoms with Crippen LogP contribution in [0, 0.1) is 17.7 Å². The quantitative estimate of drug-likeness (QED) is 0.653. The Balaban J connectivity index is 0.00000576. The van der Waals surface area contributed by atoms with Gasteiger partial charge in [0.1, 0.15) is 5.82 Å². The van der Waals surface area contributed by atoms with Gasteiger partial charge in [-0.3, -0.25) is 9.59 Å². The third-order valence-corrected chi connectivity index (χ3v) is 3.47. The standard InChI is InChI=1S/C18H28FN3O2.ClH/c1-11(2)7-14(10-20)21-18(24)13-5-6-16(15(19)9-13)22-17(23)8-12(3)4;/h5-6,9,11-12,14H,7-8,10,20H2,1-4H3,(H,21,24)(H,22,23);1H. The van der Waals surface area contributed by atoms with Gasteiger partial charge in [0.2, 0.25) is 5.91 Å². The van der Waals surface area contributed by atoms with Crippen molar-refractivity contribution >= 4 is 29.9 Å². The van der Waals surface area contributed by atoms with Gasteiger partial charge in [0.15, 0.2) is 0 Å². The first kappa shape index (κ1) is 23.3. The summed E-state index contributed by atoms with van der Waals surface area (Å²) in [5.74, 6) is -0.666. The molecule has 1 aromatic rings. The zero-order chi connectivity index (χ0) is 18.3. The zero-order valence-electron chi connectivity index (χ0n) is 15.3. The van der Waals surface area contributed by atoms with Crippen LogP contribution in [0.5, 0.6) is 0 Å². The number of nitrogens with one attached hydrogen (secondary N) is 2. The van der Waals surface area contributed by atoms with Crippen molar-refractivity contribution in [3.05, 3.63) is 29.6 Å². The lowest BCUT2D eigenvalue weighted by Crippen LogP contribution is -2.41. The van der Waals surface area contributed by atoms with Crippen LogP contribution < -0.4 is 16.4 Å². The molecular formula is C18H29ClFN3O2. The maximum absolute atomic E-state index is 14.1. The number of halogens is 2. The smallest absolute Gasteiger partial charge is 0.251 e. The molecule has 1 atom stereocenters. The summed E-state index contributed by atoms with van der Waals surface area (Å²) in [4.78, 5) is 23.9. The molecule has 1 aromatic carbocycles. The minimum atomic E-state index is -0.632. The van der Waals surface area contributed by atoms with E-state index >= 15 is 0 Å². The second kappa shape index (κ2) is 11.1. The Kier molecular flexibility index (Phi) is 10.3. The van der Waals surface area contributed by atoms with E-state index in [1.54, 1.807) is 0 Å². The van der Waals surface area contributed by atoms with E-state index in [4.69, 9.17) is 5.73 Å². The molecule has 0 saturated carbocycles. The molecule has 0 radical (unpaired) electrons. The molecule has 0 aliphatic heterocycles. The average Bonchev–Trinajstić information content (AvgIpc) is 2.47. The molecule has 0 spiro atoms. The SMILES string of the molecule is CC(C)CC(=O)Nc1ccc(C(=O)NC(CN)CC(C)C)cc1F.Cl. The van der Waals surface area contributed by atoms with E-state index in [1.165, 1.54) is 12.1 Å². The highest BCUT2D eigenvalue weighted by molar-refractivity contribution is 5.96. The molecule has 2 amide bonds. The maximum Gasteiger partial charge on any atom is 0.251 e. The van der Waals surface area contributed by atoms with Crippen molar-refractivity contribution < 1.29 is 14.0 Å². The lowest BCUT2D eigenvalue weighted by Gasteiger charge is -2.19. The molecule has 142 valence electrons. The van der Waals surface area contributed by atoms with E-state index in [2.05, 4.69) is 10.6 Å². The molecule has 0 aliphatic rings. The Bertz CT molecular complexity index is 579. The summed E-state index contributed by atoms with van der Waals surface area (Å²) in [7, 11) is 0. The van der Waals surface area contributed by atoms with Crippen molar-refractivity contribution in [2.24, 2.45) is 17.6 Å². The zero-order valence-corrected chi connectivity index (χ0v) is 16.1. The number of carbonyl (C=O) groups excluding carboxylic acids is 2. The number of anilines is 1. The Morgan fingerprint density at radius 1 is 1.16 bits per heavy atom. The summed E-state index contributed by atoms with van der Waals surface area (Å²) < 4.78 is 14.1. The molecule has 1 unspecified atom stereocenters. The minimum absolute atomic E-state index is 0. The molecule has 0 aromatic heterocycles. The number of benzene rings is 1. The van der Waals surface area contributed by atoms with E-state index < -0.39 is 5.82 Å². The van der Waals surface area contributed by atoms with Crippen LogP contribution in [0.4, 0.5) is 10.1 Å². The number of carbonyl (C=O) groups is 2. The predicted molar refractivity (Wildman–Crippen MR) is 101 cm³/mol. The summed E-state index contributed by atoms with van der Waals surface area (Å²) >= 11 is 0. The Morgan fingerprint density at radius 3 is 2.28 bits per heavy atom. The highest BCUT2D eigenvalue weighted by Crippen LogP contribution is 2.17. The molecule has 0 bridgehead atoms. The van der Waals surface area contributed by atoms with Crippen LogP contribution in [-0.4, -0.2) is 24.4 Å². The van der Waals surface area contributed by atoms with Crippen molar-refractivity contribution in [3.63, 3.8) is 0 Å². The van der Waals surface area contributed by atoms with Gasteiger partial charge < -0.3 is 16.4 Å². The molecule has 4 N–H and O–H groups in total. The lowest BCUT2D eigenvalue weighted by molar-refractivity contribution is -0.116. The second-order valence-electron chi connectivity index (χ2n) is 6.88. The highest BCUT2D eigenvalue weighted by atomic mass is 35.5. The monoisotopic (exact) mass is 373 g/mol. The van der Waals surface area contributed by atoms with E-state index in [0.29, 0.717) is 18.9 Å². The molecule has 0 aliphatic carbocycles. The van der Waals surface area contributed by atoms with Gasteiger partial charge in [0, 0.05) is 24.6 Å². The summed E-state index contributed by atoms with van der Waals surface area (Å²) in [6, 6.07) is 3.88. The van der Waals surface area contributed by atoms with Crippen molar-refractivity contribution in [3.8, 4) is 0 Å². The van der Waals surface area contributed by atoms with Crippen LogP contribution in [-0.2, 0) is 4.79 Å². The summed E-state index contributed by atoms with van der Waals surface area (Å²) in [5, 5.41) is 5.33. The van der Waals surface area contributed by atoms with Crippen LogP contribution in [0.25, 0.3) is 0 Å².